The molecule has 0 saturated carbocycles. The number of carbonyl (C=O) groups excluding carboxylic acids is 1. The number of hydrogen-bond acceptors (Lipinski definition) is 3. The highest BCUT2D eigenvalue weighted by molar-refractivity contribution is 5.78. The first-order valence-corrected chi connectivity index (χ1v) is 5.77. The van der Waals surface area contributed by atoms with Crippen molar-refractivity contribution in [2.24, 2.45) is 11.8 Å². The molecule has 15 heavy (non-hydrogen) atoms. The van der Waals surface area contributed by atoms with Crippen molar-refractivity contribution in [1.82, 2.24) is 15.1 Å². The van der Waals surface area contributed by atoms with E-state index in [4.69, 9.17) is 0 Å². The highest BCUT2D eigenvalue weighted by Crippen LogP contribution is 2.20. The number of hydrogen-bond donors (Lipinski definition) is 1. The Morgan fingerprint density at radius 2 is 2.13 bits per heavy atom. The molecule has 0 spiro atoms. The normalized spacial score (nSPS) is 28.2. The smallest absolute Gasteiger partial charge is 0.220 e. The summed E-state index contributed by atoms with van der Waals surface area (Å²) >= 11 is 0. The molecular weight excluding hydrogens is 190 g/mol. The van der Waals surface area contributed by atoms with Gasteiger partial charge in [0.05, 0.1) is 0 Å². The van der Waals surface area contributed by atoms with Crippen molar-refractivity contribution in [3.05, 3.63) is 0 Å². The lowest BCUT2D eigenvalue weighted by molar-refractivity contribution is -0.119. The Hall–Kier alpha value is -0.610. The second kappa shape index (κ2) is 4.49. The van der Waals surface area contributed by atoms with E-state index in [0.717, 1.165) is 25.4 Å². The van der Waals surface area contributed by atoms with Gasteiger partial charge < -0.3 is 15.1 Å². The molecule has 0 aromatic rings. The predicted octanol–water partition coefficient (Wildman–Crippen LogP) is -0.384. The van der Waals surface area contributed by atoms with E-state index in [9.17, 15) is 4.79 Å². The van der Waals surface area contributed by atoms with E-state index in [1.807, 2.05) is 0 Å². The molecule has 86 valence electrons. The van der Waals surface area contributed by atoms with Crippen molar-refractivity contribution >= 4 is 5.91 Å². The summed E-state index contributed by atoms with van der Waals surface area (Å²) in [4.78, 5) is 15.7. The Morgan fingerprint density at radius 3 is 2.67 bits per heavy atom. The van der Waals surface area contributed by atoms with Gasteiger partial charge in [0.1, 0.15) is 0 Å². The zero-order valence-electron chi connectivity index (χ0n) is 9.70. The lowest BCUT2D eigenvalue weighted by atomic mass is 9.97. The SMILES string of the molecule is CN(C)CC1CN(CC2CNC(=O)C2)C1. The molecule has 2 saturated heterocycles. The molecule has 2 aliphatic heterocycles. The number of nitrogens with one attached hydrogen (secondary N) is 1. The van der Waals surface area contributed by atoms with Gasteiger partial charge in [-0.1, -0.05) is 0 Å². The molecule has 1 unspecified atom stereocenters. The Kier molecular flexibility index (Phi) is 3.26. The Morgan fingerprint density at radius 1 is 1.40 bits per heavy atom. The van der Waals surface area contributed by atoms with Crippen LogP contribution in [0.25, 0.3) is 0 Å². The van der Waals surface area contributed by atoms with Crippen molar-refractivity contribution in [2.45, 2.75) is 6.42 Å². The molecule has 0 bridgehead atoms. The summed E-state index contributed by atoms with van der Waals surface area (Å²) in [5.74, 6) is 1.62. The van der Waals surface area contributed by atoms with Crippen LogP contribution in [0, 0.1) is 11.8 Å². The molecule has 0 radical (unpaired) electrons. The molecule has 2 aliphatic rings. The van der Waals surface area contributed by atoms with Gasteiger partial charge in [0.25, 0.3) is 0 Å². The van der Waals surface area contributed by atoms with Crippen LogP contribution >= 0.6 is 0 Å². The largest absolute Gasteiger partial charge is 0.356 e. The molecule has 0 aromatic carbocycles. The molecule has 2 fully saturated rings. The summed E-state index contributed by atoms with van der Waals surface area (Å²) in [5.41, 5.74) is 0. The van der Waals surface area contributed by atoms with E-state index >= 15 is 0 Å². The van der Waals surface area contributed by atoms with Gasteiger partial charge in [-0.2, -0.15) is 0 Å². The summed E-state index contributed by atoms with van der Waals surface area (Å²) < 4.78 is 0. The van der Waals surface area contributed by atoms with Crippen molar-refractivity contribution in [3.63, 3.8) is 0 Å². The van der Waals surface area contributed by atoms with Gasteiger partial charge in [0.15, 0.2) is 0 Å². The van der Waals surface area contributed by atoms with Gasteiger partial charge in [-0.3, -0.25) is 4.79 Å². The third-order valence-electron chi connectivity index (χ3n) is 3.23. The Balaban J connectivity index is 1.61. The highest BCUT2D eigenvalue weighted by Gasteiger charge is 2.31. The van der Waals surface area contributed by atoms with Gasteiger partial charge in [-0.15, -0.1) is 0 Å². The first kappa shape index (κ1) is 10.9. The van der Waals surface area contributed by atoms with Crippen molar-refractivity contribution < 1.29 is 4.79 Å². The van der Waals surface area contributed by atoms with Gasteiger partial charge in [-0.05, 0) is 25.9 Å². The van der Waals surface area contributed by atoms with Crippen LogP contribution in [0.1, 0.15) is 6.42 Å². The molecule has 2 rings (SSSR count). The predicted molar refractivity (Wildman–Crippen MR) is 59.6 cm³/mol. The zero-order valence-corrected chi connectivity index (χ0v) is 9.70. The van der Waals surface area contributed by atoms with Crippen LogP contribution in [0.3, 0.4) is 0 Å². The lowest BCUT2D eigenvalue weighted by Gasteiger charge is -2.41. The van der Waals surface area contributed by atoms with Crippen LogP contribution in [0.2, 0.25) is 0 Å². The minimum Gasteiger partial charge on any atom is -0.356 e. The highest BCUT2D eigenvalue weighted by atomic mass is 16.1. The van der Waals surface area contributed by atoms with Crippen LogP contribution in [-0.2, 0) is 4.79 Å². The summed E-state index contributed by atoms with van der Waals surface area (Å²) in [6.45, 7) is 5.60. The monoisotopic (exact) mass is 211 g/mol. The van der Waals surface area contributed by atoms with Crippen molar-refractivity contribution in [1.29, 1.82) is 0 Å². The third kappa shape index (κ3) is 2.92. The molecule has 0 aliphatic carbocycles. The first-order chi connectivity index (χ1) is 7.13. The summed E-state index contributed by atoms with van der Waals surface area (Å²) in [6.07, 6.45) is 0.731. The zero-order chi connectivity index (χ0) is 10.8. The van der Waals surface area contributed by atoms with E-state index in [1.54, 1.807) is 0 Å². The van der Waals surface area contributed by atoms with Crippen LogP contribution in [0.5, 0.6) is 0 Å². The van der Waals surface area contributed by atoms with Gasteiger partial charge in [-0.25, -0.2) is 0 Å². The lowest BCUT2D eigenvalue weighted by Crippen LogP contribution is -2.52. The summed E-state index contributed by atoms with van der Waals surface area (Å²) in [6, 6.07) is 0. The van der Waals surface area contributed by atoms with Crippen LogP contribution < -0.4 is 5.32 Å². The first-order valence-electron chi connectivity index (χ1n) is 5.77. The molecule has 4 nitrogen and oxygen atoms in total. The van der Waals surface area contributed by atoms with Gasteiger partial charge >= 0.3 is 0 Å². The van der Waals surface area contributed by atoms with Gasteiger partial charge in [0, 0.05) is 39.1 Å². The fraction of sp³-hybridized carbons (Fsp3) is 0.909. The Bertz CT molecular complexity index is 236. The molecule has 1 N–H and O–H groups in total. The maximum Gasteiger partial charge on any atom is 0.220 e. The molecule has 1 amide bonds. The van der Waals surface area contributed by atoms with Crippen LogP contribution in [0.15, 0.2) is 0 Å². The van der Waals surface area contributed by atoms with Crippen LogP contribution in [-0.4, -0.2) is 62.5 Å². The second-order valence-electron chi connectivity index (χ2n) is 5.22. The number of likely N-dealkylation sites (tertiary alicyclic amines) is 1. The van der Waals surface area contributed by atoms with E-state index in [-0.39, 0.29) is 5.91 Å². The summed E-state index contributed by atoms with van der Waals surface area (Å²) in [5, 5.41) is 2.89. The van der Waals surface area contributed by atoms with E-state index < -0.39 is 0 Å². The maximum absolute atomic E-state index is 11.0. The Labute approximate surface area is 91.6 Å². The van der Waals surface area contributed by atoms with Gasteiger partial charge in [0.2, 0.25) is 5.91 Å². The van der Waals surface area contributed by atoms with E-state index in [2.05, 4.69) is 29.2 Å². The molecule has 2 heterocycles. The standard InChI is InChI=1S/C11H21N3O/c1-13(2)5-10-7-14(8-10)6-9-3-11(15)12-4-9/h9-10H,3-8H2,1-2H3,(H,12,15). The fourth-order valence-corrected chi connectivity index (χ4v) is 2.62. The number of rotatable bonds is 4. The van der Waals surface area contributed by atoms with Crippen molar-refractivity contribution in [3.8, 4) is 0 Å². The number of nitrogens with zero attached hydrogens (tertiary/aromatic N) is 2. The quantitative estimate of drug-likeness (QED) is 0.688. The molecule has 0 aromatic heterocycles. The molecule has 4 heteroatoms. The second-order valence-corrected chi connectivity index (χ2v) is 5.22. The topological polar surface area (TPSA) is 35.6 Å². The van der Waals surface area contributed by atoms with Crippen molar-refractivity contribution in [2.75, 3.05) is 46.8 Å². The van der Waals surface area contributed by atoms with E-state index in [1.165, 1.54) is 19.6 Å². The number of amides is 1. The minimum atomic E-state index is 0.227. The molecular formula is C11H21N3O. The average molecular weight is 211 g/mol. The average Bonchev–Trinajstić information content (AvgIpc) is 2.47. The maximum atomic E-state index is 11.0. The molecule has 1 atom stereocenters. The summed E-state index contributed by atoms with van der Waals surface area (Å²) in [7, 11) is 4.25. The van der Waals surface area contributed by atoms with E-state index in [0.29, 0.717) is 5.92 Å². The number of carbonyl (C=O) groups is 1. The van der Waals surface area contributed by atoms with Crippen LogP contribution in [0.4, 0.5) is 0 Å². The fourth-order valence-electron chi connectivity index (χ4n) is 2.62. The third-order valence-corrected chi connectivity index (χ3v) is 3.23. The minimum absolute atomic E-state index is 0.227.